The van der Waals surface area contributed by atoms with E-state index in [1.165, 1.54) is 29.7 Å². The largest absolute Gasteiger partial charge is 0.326 e. The molecule has 3 N–H and O–H groups in total. The molecule has 2 nitrogen and oxygen atoms in total. The van der Waals surface area contributed by atoms with Gasteiger partial charge in [0, 0.05) is 23.5 Å². The maximum absolute atomic E-state index is 6.00. The molecular formula is C11H18N2S. The summed E-state index contributed by atoms with van der Waals surface area (Å²) < 4.78 is 0. The molecule has 0 spiro atoms. The molecule has 3 heteroatoms. The van der Waals surface area contributed by atoms with Crippen molar-refractivity contribution >= 4 is 11.3 Å². The Labute approximate surface area is 89.5 Å². The summed E-state index contributed by atoms with van der Waals surface area (Å²) in [5.74, 6) is 0. The smallest absolute Gasteiger partial charge is 0.0305 e. The summed E-state index contributed by atoms with van der Waals surface area (Å²) in [6, 6.07) is 3.09. The molecule has 0 radical (unpaired) electrons. The van der Waals surface area contributed by atoms with Crippen molar-refractivity contribution in [3.05, 3.63) is 21.9 Å². The Balaban J connectivity index is 1.85. The van der Waals surface area contributed by atoms with Gasteiger partial charge in [-0.3, -0.25) is 0 Å². The fraction of sp³-hybridized carbons (Fsp3) is 0.636. The molecule has 1 aliphatic rings. The van der Waals surface area contributed by atoms with Crippen LogP contribution in [-0.4, -0.2) is 12.1 Å². The van der Waals surface area contributed by atoms with Crippen LogP contribution in [0.1, 0.15) is 29.7 Å². The maximum Gasteiger partial charge on any atom is 0.0305 e. The van der Waals surface area contributed by atoms with Crippen LogP contribution in [0.5, 0.6) is 0 Å². The first-order chi connectivity index (χ1) is 6.77. The zero-order valence-electron chi connectivity index (χ0n) is 8.62. The van der Waals surface area contributed by atoms with E-state index in [1.807, 2.05) is 11.3 Å². The van der Waals surface area contributed by atoms with Crippen LogP contribution in [0.25, 0.3) is 0 Å². The second kappa shape index (κ2) is 4.43. The van der Waals surface area contributed by atoms with Gasteiger partial charge >= 0.3 is 0 Å². The van der Waals surface area contributed by atoms with Crippen LogP contribution < -0.4 is 11.1 Å². The van der Waals surface area contributed by atoms with E-state index in [0.29, 0.717) is 12.1 Å². The van der Waals surface area contributed by atoms with E-state index < -0.39 is 0 Å². The Hall–Kier alpha value is -0.380. The summed E-state index contributed by atoms with van der Waals surface area (Å²) >= 11 is 1.83. The molecule has 1 aromatic rings. The highest BCUT2D eigenvalue weighted by atomic mass is 32.1. The van der Waals surface area contributed by atoms with Crippen LogP contribution in [0, 0.1) is 6.92 Å². The Morgan fingerprint density at radius 1 is 1.57 bits per heavy atom. The van der Waals surface area contributed by atoms with Crippen LogP contribution in [0.4, 0.5) is 0 Å². The minimum absolute atomic E-state index is 0.371. The molecule has 1 saturated carbocycles. The Morgan fingerprint density at radius 3 is 3.00 bits per heavy atom. The second-order valence-corrected chi connectivity index (χ2v) is 5.11. The van der Waals surface area contributed by atoms with Gasteiger partial charge in [-0.05, 0) is 36.8 Å². The summed E-state index contributed by atoms with van der Waals surface area (Å²) in [4.78, 5) is 1.45. The molecule has 2 unspecified atom stereocenters. The first-order valence-electron chi connectivity index (χ1n) is 5.29. The van der Waals surface area contributed by atoms with Crippen LogP contribution in [0.3, 0.4) is 0 Å². The third kappa shape index (κ3) is 2.16. The van der Waals surface area contributed by atoms with Crippen LogP contribution >= 0.6 is 11.3 Å². The molecule has 0 aliphatic heterocycles. The van der Waals surface area contributed by atoms with E-state index in [1.54, 1.807) is 0 Å². The molecule has 0 amide bonds. The Morgan fingerprint density at radius 2 is 2.43 bits per heavy atom. The fourth-order valence-electron chi connectivity index (χ4n) is 2.05. The number of nitrogens with two attached hydrogens (primary N) is 1. The molecule has 1 aliphatic carbocycles. The molecule has 0 aromatic carbocycles. The summed E-state index contributed by atoms with van der Waals surface area (Å²) in [6.45, 7) is 3.16. The molecule has 1 heterocycles. The fourth-order valence-corrected chi connectivity index (χ4v) is 2.91. The van der Waals surface area contributed by atoms with Gasteiger partial charge in [-0.2, -0.15) is 0 Å². The van der Waals surface area contributed by atoms with Crippen molar-refractivity contribution in [2.24, 2.45) is 5.73 Å². The van der Waals surface area contributed by atoms with Gasteiger partial charge in [0.15, 0.2) is 0 Å². The topological polar surface area (TPSA) is 38.0 Å². The number of rotatable bonds is 3. The number of hydrogen-bond donors (Lipinski definition) is 2. The van der Waals surface area contributed by atoms with Crippen molar-refractivity contribution in [3.63, 3.8) is 0 Å². The lowest BCUT2D eigenvalue weighted by Gasteiger charge is -2.16. The van der Waals surface area contributed by atoms with E-state index in [4.69, 9.17) is 5.73 Å². The third-order valence-corrected chi connectivity index (χ3v) is 4.09. The Kier molecular flexibility index (Phi) is 3.21. The molecule has 0 saturated heterocycles. The first-order valence-corrected chi connectivity index (χ1v) is 6.17. The molecule has 0 bridgehead atoms. The normalized spacial score (nSPS) is 27.0. The van der Waals surface area contributed by atoms with Crippen molar-refractivity contribution in [1.29, 1.82) is 0 Å². The predicted octanol–water partition coefficient (Wildman–Crippen LogP) is 2.03. The number of aryl methyl sites for hydroxylation is 1. The van der Waals surface area contributed by atoms with Gasteiger partial charge in [-0.15, -0.1) is 11.3 Å². The average Bonchev–Trinajstić information content (AvgIpc) is 2.72. The van der Waals surface area contributed by atoms with E-state index in [-0.39, 0.29) is 0 Å². The summed E-state index contributed by atoms with van der Waals surface area (Å²) in [5.41, 5.74) is 7.39. The van der Waals surface area contributed by atoms with Crippen LogP contribution in [-0.2, 0) is 6.54 Å². The van der Waals surface area contributed by atoms with Crippen molar-refractivity contribution in [2.75, 3.05) is 0 Å². The van der Waals surface area contributed by atoms with Gasteiger partial charge in [0.25, 0.3) is 0 Å². The molecule has 1 aromatic heterocycles. The van der Waals surface area contributed by atoms with Gasteiger partial charge in [-0.1, -0.05) is 6.42 Å². The molecule has 14 heavy (non-hydrogen) atoms. The molecule has 78 valence electrons. The maximum atomic E-state index is 6.00. The Bertz CT molecular complexity index is 295. The number of hydrogen-bond acceptors (Lipinski definition) is 3. The zero-order valence-corrected chi connectivity index (χ0v) is 9.44. The van der Waals surface area contributed by atoms with Crippen LogP contribution in [0.15, 0.2) is 11.4 Å². The quantitative estimate of drug-likeness (QED) is 0.801. The van der Waals surface area contributed by atoms with Crippen molar-refractivity contribution < 1.29 is 0 Å². The van der Waals surface area contributed by atoms with E-state index >= 15 is 0 Å². The monoisotopic (exact) mass is 210 g/mol. The van der Waals surface area contributed by atoms with E-state index in [0.717, 1.165) is 6.54 Å². The minimum Gasteiger partial charge on any atom is -0.326 e. The third-order valence-electron chi connectivity index (χ3n) is 3.06. The summed E-state index contributed by atoms with van der Waals surface area (Å²) in [7, 11) is 0. The predicted molar refractivity (Wildman–Crippen MR) is 61.5 cm³/mol. The molecule has 2 atom stereocenters. The van der Waals surface area contributed by atoms with E-state index in [9.17, 15) is 0 Å². The molecule has 1 fully saturated rings. The SMILES string of the molecule is Cc1ccsc1CNC1CCCC1N. The zero-order chi connectivity index (χ0) is 9.97. The lowest BCUT2D eigenvalue weighted by atomic mass is 10.2. The van der Waals surface area contributed by atoms with E-state index in [2.05, 4.69) is 23.7 Å². The molecule has 2 rings (SSSR count). The number of nitrogens with one attached hydrogen (secondary N) is 1. The highest BCUT2D eigenvalue weighted by molar-refractivity contribution is 7.10. The van der Waals surface area contributed by atoms with Crippen molar-refractivity contribution in [3.8, 4) is 0 Å². The van der Waals surface area contributed by atoms with Gasteiger partial charge < -0.3 is 11.1 Å². The van der Waals surface area contributed by atoms with Gasteiger partial charge in [0.1, 0.15) is 0 Å². The summed E-state index contributed by atoms with van der Waals surface area (Å²) in [5, 5.41) is 5.71. The minimum atomic E-state index is 0.371. The average molecular weight is 210 g/mol. The number of thiophene rings is 1. The van der Waals surface area contributed by atoms with Gasteiger partial charge in [0.2, 0.25) is 0 Å². The van der Waals surface area contributed by atoms with Gasteiger partial charge in [-0.25, -0.2) is 0 Å². The first kappa shape index (κ1) is 10.1. The van der Waals surface area contributed by atoms with Crippen molar-refractivity contribution in [2.45, 2.75) is 44.8 Å². The summed E-state index contributed by atoms with van der Waals surface area (Å²) in [6.07, 6.45) is 3.70. The van der Waals surface area contributed by atoms with Crippen LogP contribution in [0.2, 0.25) is 0 Å². The molecular weight excluding hydrogens is 192 g/mol. The lowest BCUT2D eigenvalue weighted by Crippen LogP contribution is -2.40. The standard InChI is InChI=1S/C11H18N2S/c1-8-5-6-14-11(8)7-13-10-4-2-3-9(10)12/h5-6,9-10,13H,2-4,7,12H2,1H3. The van der Waals surface area contributed by atoms with Gasteiger partial charge in [0.05, 0.1) is 0 Å². The van der Waals surface area contributed by atoms with Crippen molar-refractivity contribution in [1.82, 2.24) is 5.32 Å². The lowest BCUT2D eigenvalue weighted by molar-refractivity contribution is 0.477. The second-order valence-electron chi connectivity index (χ2n) is 4.11. The highest BCUT2D eigenvalue weighted by Crippen LogP contribution is 2.19. The highest BCUT2D eigenvalue weighted by Gasteiger charge is 2.23.